The van der Waals surface area contributed by atoms with Gasteiger partial charge in [0.15, 0.2) is 0 Å². The average Bonchev–Trinajstić information content (AvgIpc) is 1.85. The van der Waals surface area contributed by atoms with Crippen LogP contribution in [0, 0.1) is 5.82 Å². The Morgan fingerprint density at radius 2 is 2.27 bits per heavy atom. The Kier molecular flexibility index (Phi) is 3.40. The van der Waals surface area contributed by atoms with Gasteiger partial charge in [-0.2, -0.15) is 0 Å². The Morgan fingerprint density at radius 3 is 2.82 bits per heavy atom. The van der Waals surface area contributed by atoms with E-state index in [1.54, 1.807) is 17.8 Å². The molecule has 0 saturated heterocycles. The van der Waals surface area contributed by atoms with Gasteiger partial charge in [0.05, 0.1) is 4.16 Å². The van der Waals surface area contributed by atoms with Gasteiger partial charge in [-0.05, 0) is 25.1 Å². The van der Waals surface area contributed by atoms with E-state index in [2.05, 4.69) is 15.9 Å². The molecule has 0 fully saturated rings. The van der Waals surface area contributed by atoms with Crippen LogP contribution < -0.4 is 0 Å². The standard InChI is InChI=1S/C8H8BrFS/c1-6(9)11-8-4-2-3-7(10)5-8/h2-6H,1H3. The fourth-order valence-electron chi connectivity index (χ4n) is 0.728. The van der Waals surface area contributed by atoms with Gasteiger partial charge in [-0.25, -0.2) is 4.39 Å². The van der Waals surface area contributed by atoms with E-state index in [0.29, 0.717) is 4.16 Å². The molecule has 0 heterocycles. The molecule has 0 amide bonds. The van der Waals surface area contributed by atoms with Crippen LogP contribution in [0.3, 0.4) is 0 Å². The largest absolute Gasteiger partial charge is 0.207 e. The molecule has 0 nitrogen and oxygen atoms in total. The smallest absolute Gasteiger partial charge is 0.124 e. The van der Waals surface area contributed by atoms with Crippen molar-refractivity contribution in [2.45, 2.75) is 16.0 Å². The maximum Gasteiger partial charge on any atom is 0.124 e. The molecular weight excluding hydrogens is 227 g/mol. The number of rotatable bonds is 2. The molecule has 1 aromatic rings. The molecule has 11 heavy (non-hydrogen) atoms. The minimum absolute atomic E-state index is 0.178. The van der Waals surface area contributed by atoms with E-state index in [-0.39, 0.29) is 5.82 Å². The van der Waals surface area contributed by atoms with E-state index in [0.717, 1.165) is 4.90 Å². The van der Waals surface area contributed by atoms with Crippen LogP contribution in [0.4, 0.5) is 4.39 Å². The van der Waals surface area contributed by atoms with E-state index in [1.807, 2.05) is 13.0 Å². The molecule has 1 unspecified atom stereocenters. The summed E-state index contributed by atoms with van der Waals surface area (Å²) < 4.78 is 12.9. The van der Waals surface area contributed by atoms with Crippen molar-refractivity contribution in [3.05, 3.63) is 30.1 Å². The van der Waals surface area contributed by atoms with Gasteiger partial charge in [0.1, 0.15) is 5.82 Å². The maximum absolute atomic E-state index is 12.6. The molecule has 0 aliphatic rings. The van der Waals surface area contributed by atoms with Crippen LogP contribution >= 0.6 is 27.7 Å². The topological polar surface area (TPSA) is 0 Å². The van der Waals surface area contributed by atoms with Crippen molar-refractivity contribution in [2.24, 2.45) is 0 Å². The number of benzene rings is 1. The van der Waals surface area contributed by atoms with Gasteiger partial charge in [-0.3, -0.25) is 0 Å². The molecule has 0 aromatic heterocycles. The number of alkyl halides is 1. The Morgan fingerprint density at radius 1 is 1.55 bits per heavy atom. The average molecular weight is 235 g/mol. The van der Waals surface area contributed by atoms with Crippen molar-refractivity contribution in [2.75, 3.05) is 0 Å². The number of hydrogen-bond donors (Lipinski definition) is 0. The van der Waals surface area contributed by atoms with Gasteiger partial charge in [-0.1, -0.05) is 22.0 Å². The van der Waals surface area contributed by atoms with Gasteiger partial charge in [0.2, 0.25) is 0 Å². The third-order valence-corrected chi connectivity index (χ3v) is 2.51. The molecular formula is C8H8BrFS. The van der Waals surface area contributed by atoms with Crippen molar-refractivity contribution >= 4 is 27.7 Å². The van der Waals surface area contributed by atoms with E-state index in [9.17, 15) is 4.39 Å². The van der Waals surface area contributed by atoms with Crippen LogP contribution in [0.25, 0.3) is 0 Å². The third-order valence-electron chi connectivity index (χ3n) is 1.09. The van der Waals surface area contributed by atoms with Crippen LogP contribution in [-0.2, 0) is 0 Å². The fourth-order valence-corrected chi connectivity index (χ4v) is 2.09. The zero-order chi connectivity index (χ0) is 8.27. The van der Waals surface area contributed by atoms with Crippen molar-refractivity contribution < 1.29 is 4.39 Å². The highest BCUT2D eigenvalue weighted by Gasteiger charge is 1.99. The van der Waals surface area contributed by atoms with Crippen LogP contribution in [0.1, 0.15) is 6.92 Å². The molecule has 0 bridgehead atoms. The van der Waals surface area contributed by atoms with Gasteiger partial charge < -0.3 is 0 Å². The minimum atomic E-state index is -0.178. The molecule has 60 valence electrons. The lowest BCUT2D eigenvalue weighted by atomic mass is 10.4. The van der Waals surface area contributed by atoms with Crippen LogP contribution in [0.15, 0.2) is 29.2 Å². The normalized spacial score (nSPS) is 13.0. The fraction of sp³-hybridized carbons (Fsp3) is 0.250. The first kappa shape index (κ1) is 9.07. The molecule has 0 aliphatic heterocycles. The monoisotopic (exact) mass is 234 g/mol. The second-order valence-corrected chi connectivity index (χ2v) is 5.51. The lowest BCUT2D eigenvalue weighted by Crippen LogP contribution is -1.81. The lowest BCUT2D eigenvalue weighted by Gasteiger charge is -2.01. The van der Waals surface area contributed by atoms with E-state index in [1.165, 1.54) is 12.1 Å². The van der Waals surface area contributed by atoms with Crippen LogP contribution in [0.2, 0.25) is 0 Å². The first-order valence-corrected chi connectivity index (χ1v) is 5.04. The van der Waals surface area contributed by atoms with Crippen molar-refractivity contribution in [1.82, 2.24) is 0 Å². The summed E-state index contributed by atoms with van der Waals surface area (Å²) in [5.41, 5.74) is 0. The molecule has 0 aliphatic carbocycles. The second-order valence-electron chi connectivity index (χ2n) is 2.12. The van der Waals surface area contributed by atoms with Crippen molar-refractivity contribution in [3.63, 3.8) is 0 Å². The van der Waals surface area contributed by atoms with E-state index >= 15 is 0 Å². The second kappa shape index (κ2) is 4.12. The zero-order valence-electron chi connectivity index (χ0n) is 6.05. The summed E-state index contributed by atoms with van der Waals surface area (Å²) in [6.45, 7) is 2.01. The van der Waals surface area contributed by atoms with Crippen LogP contribution in [-0.4, -0.2) is 4.16 Å². The number of thioether (sulfide) groups is 1. The Hall–Kier alpha value is -0.0200. The van der Waals surface area contributed by atoms with Gasteiger partial charge in [-0.15, -0.1) is 11.8 Å². The summed E-state index contributed by atoms with van der Waals surface area (Å²) in [6, 6.07) is 6.59. The Balaban J connectivity index is 2.71. The Labute approximate surface area is 78.3 Å². The zero-order valence-corrected chi connectivity index (χ0v) is 8.45. The predicted molar refractivity (Wildman–Crippen MR) is 50.6 cm³/mol. The highest BCUT2D eigenvalue weighted by atomic mass is 79.9. The summed E-state index contributed by atoms with van der Waals surface area (Å²) in [7, 11) is 0. The van der Waals surface area contributed by atoms with Crippen molar-refractivity contribution in [1.29, 1.82) is 0 Å². The summed E-state index contributed by atoms with van der Waals surface area (Å²) in [4.78, 5) is 0.953. The van der Waals surface area contributed by atoms with Gasteiger partial charge in [0.25, 0.3) is 0 Å². The quantitative estimate of drug-likeness (QED) is 0.556. The minimum Gasteiger partial charge on any atom is -0.207 e. The number of halogens is 2. The summed E-state index contributed by atoms with van der Waals surface area (Å²) in [6.07, 6.45) is 0. The Bertz CT molecular complexity index is 237. The molecule has 3 heteroatoms. The van der Waals surface area contributed by atoms with Crippen molar-refractivity contribution in [3.8, 4) is 0 Å². The van der Waals surface area contributed by atoms with E-state index < -0.39 is 0 Å². The SMILES string of the molecule is CC(Br)Sc1cccc(F)c1. The number of hydrogen-bond acceptors (Lipinski definition) is 1. The van der Waals surface area contributed by atoms with E-state index in [4.69, 9.17) is 0 Å². The highest BCUT2D eigenvalue weighted by molar-refractivity contribution is 9.11. The van der Waals surface area contributed by atoms with Gasteiger partial charge in [0, 0.05) is 4.90 Å². The molecule has 1 atom stereocenters. The summed E-state index contributed by atoms with van der Waals surface area (Å²) in [5.74, 6) is -0.178. The lowest BCUT2D eigenvalue weighted by molar-refractivity contribution is 0.624. The third kappa shape index (κ3) is 3.25. The summed E-state index contributed by atoms with van der Waals surface area (Å²) >= 11 is 4.97. The molecule has 0 saturated carbocycles. The van der Waals surface area contributed by atoms with Crippen LogP contribution in [0.5, 0.6) is 0 Å². The molecule has 0 radical (unpaired) electrons. The molecule has 1 rings (SSSR count). The molecule has 0 N–H and O–H groups in total. The first-order valence-electron chi connectivity index (χ1n) is 3.25. The summed E-state index contributed by atoms with van der Waals surface area (Å²) in [5, 5.41) is 0. The van der Waals surface area contributed by atoms with Gasteiger partial charge >= 0.3 is 0 Å². The molecule has 1 aromatic carbocycles. The molecule has 0 spiro atoms. The maximum atomic E-state index is 12.6. The first-order chi connectivity index (χ1) is 5.18. The predicted octanol–water partition coefficient (Wildman–Crippen LogP) is 3.66. The highest BCUT2D eigenvalue weighted by Crippen LogP contribution is 2.26.